The summed E-state index contributed by atoms with van der Waals surface area (Å²) < 4.78 is 26.1. The van der Waals surface area contributed by atoms with E-state index in [0.717, 1.165) is 12.3 Å². The maximum absolute atomic E-state index is 13.2. The van der Waals surface area contributed by atoms with Gasteiger partial charge >= 0.3 is 0 Å². The van der Waals surface area contributed by atoms with E-state index in [0.29, 0.717) is 22.2 Å². The molecule has 1 N–H and O–H groups in total. The lowest BCUT2D eigenvalue weighted by Crippen LogP contribution is -1.99. The van der Waals surface area contributed by atoms with Crippen molar-refractivity contribution in [1.29, 1.82) is 5.26 Å². The lowest BCUT2D eigenvalue weighted by molar-refractivity contribution is 0.480. The summed E-state index contributed by atoms with van der Waals surface area (Å²) in [5.74, 6) is -2.22. The van der Waals surface area contributed by atoms with Gasteiger partial charge in [0.1, 0.15) is 6.07 Å². The smallest absolute Gasteiger partial charge is 0.249 e. The lowest BCUT2D eigenvalue weighted by atomic mass is 10.1. The van der Waals surface area contributed by atoms with Crippen molar-refractivity contribution < 1.29 is 8.78 Å². The monoisotopic (exact) mass is 282 g/mol. The molecular weight excluding hydrogens is 274 g/mol. The standard InChI is InChI=1S/C15H8F2N4/c16-12-5-10(8-20-15(12)17)21-14-9(6-18)7-19-13-4-2-1-3-11(13)14/h1-5,7-8H,(H,19,21). The first-order chi connectivity index (χ1) is 10.2. The van der Waals surface area contributed by atoms with Gasteiger partial charge in [-0.2, -0.15) is 9.65 Å². The molecule has 4 nitrogen and oxygen atoms in total. The van der Waals surface area contributed by atoms with Crippen LogP contribution in [0.1, 0.15) is 5.56 Å². The highest BCUT2D eigenvalue weighted by Crippen LogP contribution is 2.28. The molecule has 0 saturated carbocycles. The molecule has 21 heavy (non-hydrogen) atoms. The summed E-state index contributed by atoms with van der Waals surface area (Å²) in [6.07, 6.45) is 2.59. The Morgan fingerprint density at radius 3 is 2.67 bits per heavy atom. The minimum atomic E-state index is -1.17. The van der Waals surface area contributed by atoms with Gasteiger partial charge in [-0.1, -0.05) is 18.2 Å². The van der Waals surface area contributed by atoms with Crippen molar-refractivity contribution in [2.75, 3.05) is 5.32 Å². The molecule has 0 aliphatic carbocycles. The second-order valence-electron chi connectivity index (χ2n) is 4.30. The predicted octanol–water partition coefficient (Wildman–Crippen LogP) is 3.52. The molecule has 0 fully saturated rings. The third-order valence-corrected chi connectivity index (χ3v) is 2.96. The molecule has 0 bridgehead atoms. The van der Waals surface area contributed by atoms with Crippen molar-refractivity contribution in [3.05, 3.63) is 60.1 Å². The Hall–Kier alpha value is -3.07. The van der Waals surface area contributed by atoms with Crippen molar-refractivity contribution in [2.24, 2.45) is 0 Å². The van der Waals surface area contributed by atoms with Crippen molar-refractivity contribution in [3.63, 3.8) is 0 Å². The Morgan fingerprint density at radius 1 is 1.10 bits per heavy atom. The lowest BCUT2D eigenvalue weighted by Gasteiger charge is -2.11. The fraction of sp³-hybridized carbons (Fsp3) is 0. The molecule has 0 aliphatic rings. The van der Waals surface area contributed by atoms with Gasteiger partial charge in [0.25, 0.3) is 0 Å². The third-order valence-electron chi connectivity index (χ3n) is 2.96. The third kappa shape index (κ3) is 2.37. The zero-order chi connectivity index (χ0) is 14.8. The largest absolute Gasteiger partial charge is 0.352 e. The van der Waals surface area contributed by atoms with Crippen LogP contribution in [0.2, 0.25) is 0 Å². The summed E-state index contributed by atoms with van der Waals surface area (Å²) in [7, 11) is 0. The van der Waals surface area contributed by atoms with Gasteiger partial charge in [-0.3, -0.25) is 4.98 Å². The maximum Gasteiger partial charge on any atom is 0.249 e. The van der Waals surface area contributed by atoms with Gasteiger partial charge < -0.3 is 5.32 Å². The summed E-state index contributed by atoms with van der Waals surface area (Å²) in [4.78, 5) is 7.48. The molecule has 0 saturated heterocycles. The molecule has 6 heteroatoms. The number of rotatable bonds is 2. The van der Waals surface area contributed by atoms with Gasteiger partial charge in [0.15, 0.2) is 5.82 Å². The van der Waals surface area contributed by atoms with Crippen LogP contribution >= 0.6 is 0 Å². The van der Waals surface area contributed by atoms with Crippen molar-refractivity contribution >= 4 is 22.3 Å². The zero-order valence-corrected chi connectivity index (χ0v) is 10.6. The van der Waals surface area contributed by atoms with E-state index in [2.05, 4.69) is 15.3 Å². The maximum atomic E-state index is 13.2. The molecule has 0 aliphatic heterocycles. The first kappa shape index (κ1) is 12.9. The first-order valence-electron chi connectivity index (χ1n) is 6.05. The van der Waals surface area contributed by atoms with E-state index in [1.807, 2.05) is 12.1 Å². The minimum absolute atomic E-state index is 0.252. The number of nitrogens with one attached hydrogen (secondary N) is 1. The summed E-state index contributed by atoms with van der Waals surface area (Å²) in [6.45, 7) is 0. The van der Waals surface area contributed by atoms with Crippen LogP contribution in [0.3, 0.4) is 0 Å². The average molecular weight is 282 g/mol. The molecule has 0 spiro atoms. The summed E-state index contributed by atoms with van der Waals surface area (Å²) in [6, 6.07) is 10.2. The fourth-order valence-corrected chi connectivity index (χ4v) is 1.99. The SMILES string of the molecule is N#Cc1cnc2ccccc2c1Nc1cnc(F)c(F)c1. The number of hydrogen-bond donors (Lipinski definition) is 1. The van der Waals surface area contributed by atoms with Gasteiger partial charge in [0, 0.05) is 17.6 Å². The van der Waals surface area contributed by atoms with E-state index in [1.165, 1.54) is 6.20 Å². The van der Waals surface area contributed by atoms with Crippen LogP contribution in [0.25, 0.3) is 10.9 Å². The quantitative estimate of drug-likeness (QED) is 0.730. The summed E-state index contributed by atoms with van der Waals surface area (Å²) in [5, 5.41) is 12.8. The second kappa shape index (κ2) is 5.13. The minimum Gasteiger partial charge on any atom is -0.352 e. The number of halogens is 2. The molecule has 0 atom stereocenters. The van der Waals surface area contributed by atoms with Crippen LogP contribution in [0.15, 0.2) is 42.7 Å². The number of benzene rings is 1. The molecule has 2 heterocycles. The van der Waals surface area contributed by atoms with Gasteiger partial charge in [-0.25, -0.2) is 9.37 Å². The molecule has 0 radical (unpaired) electrons. The average Bonchev–Trinajstić information content (AvgIpc) is 2.51. The fourth-order valence-electron chi connectivity index (χ4n) is 1.99. The highest BCUT2D eigenvalue weighted by Gasteiger charge is 2.10. The molecule has 0 amide bonds. The molecule has 102 valence electrons. The molecule has 0 unspecified atom stereocenters. The van der Waals surface area contributed by atoms with Crippen molar-refractivity contribution in [2.45, 2.75) is 0 Å². The van der Waals surface area contributed by atoms with Crippen molar-refractivity contribution in [3.8, 4) is 6.07 Å². The predicted molar refractivity (Wildman–Crippen MR) is 73.9 cm³/mol. The van der Waals surface area contributed by atoms with Crippen LogP contribution in [0.5, 0.6) is 0 Å². The number of para-hydroxylation sites is 1. The zero-order valence-electron chi connectivity index (χ0n) is 10.6. The van der Waals surface area contributed by atoms with E-state index in [-0.39, 0.29) is 5.69 Å². The number of pyridine rings is 2. The Morgan fingerprint density at radius 2 is 1.90 bits per heavy atom. The van der Waals surface area contributed by atoms with E-state index in [1.54, 1.807) is 18.2 Å². The Bertz CT molecular complexity index is 871. The van der Waals surface area contributed by atoms with Gasteiger partial charge in [-0.15, -0.1) is 0 Å². The Kier molecular flexibility index (Phi) is 3.16. The van der Waals surface area contributed by atoms with Gasteiger partial charge in [0.05, 0.1) is 28.7 Å². The molecule has 3 rings (SSSR count). The van der Waals surface area contributed by atoms with Gasteiger partial charge in [0.2, 0.25) is 5.95 Å². The molecular formula is C15H8F2N4. The molecule has 1 aromatic carbocycles. The number of aromatic nitrogens is 2. The summed E-state index contributed by atoms with van der Waals surface area (Å²) >= 11 is 0. The van der Waals surface area contributed by atoms with Crippen LogP contribution in [0.4, 0.5) is 20.2 Å². The molecule has 3 aromatic rings. The van der Waals surface area contributed by atoms with Crippen LogP contribution in [0, 0.1) is 23.1 Å². The number of nitriles is 1. The number of hydrogen-bond acceptors (Lipinski definition) is 4. The van der Waals surface area contributed by atoms with E-state index >= 15 is 0 Å². The second-order valence-corrected chi connectivity index (χ2v) is 4.30. The first-order valence-corrected chi connectivity index (χ1v) is 6.05. The van der Waals surface area contributed by atoms with Crippen molar-refractivity contribution in [1.82, 2.24) is 9.97 Å². The number of nitrogens with zero attached hydrogens (tertiary/aromatic N) is 3. The topological polar surface area (TPSA) is 61.6 Å². The van der Waals surface area contributed by atoms with E-state index in [4.69, 9.17) is 0 Å². The normalized spacial score (nSPS) is 10.3. The van der Waals surface area contributed by atoms with E-state index < -0.39 is 11.8 Å². The highest BCUT2D eigenvalue weighted by molar-refractivity contribution is 5.95. The molecule has 2 aromatic heterocycles. The Labute approximate surface area is 118 Å². The number of fused-ring (bicyclic) bond motifs is 1. The Balaban J connectivity index is 2.14. The summed E-state index contributed by atoms with van der Waals surface area (Å²) in [5.41, 5.74) is 1.73. The van der Waals surface area contributed by atoms with Crippen LogP contribution in [-0.4, -0.2) is 9.97 Å². The number of anilines is 2. The van der Waals surface area contributed by atoms with Crippen LogP contribution < -0.4 is 5.32 Å². The van der Waals surface area contributed by atoms with E-state index in [9.17, 15) is 14.0 Å². The highest BCUT2D eigenvalue weighted by atomic mass is 19.2. The van der Waals surface area contributed by atoms with Gasteiger partial charge in [-0.05, 0) is 6.07 Å². The van der Waals surface area contributed by atoms with Crippen LogP contribution in [-0.2, 0) is 0 Å².